The number of rotatable bonds is 4. The fourth-order valence-electron chi connectivity index (χ4n) is 5.75. The summed E-state index contributed by atoms with van der Waals surface area (Å²) in [6.45, 7) is 10.1. The van der Waals surface area contributed by atoms with Crippen molar-refractivity contribution in [2.75, 3.05) is 36.9 Å². The van der Waals surface area contributed by atoms with E-state index in [2.05, 4.69) is 21.5 Å². The predicted molar refractivity (Wildman–Crippen MR) is 155 cm³/mol. The van der Waals surface area contributed by atoms with Gasteiger partial charge in [-0.3, -0.25) is 9.78 Å². The Morgan fingerprint density at radius 2 is 2.00 bits per heavy atom. The molecule has 0 bridgehead atoms. The van der Waals surface area contributed by atoms with Gasteiger partial charge in [0.1, 0.15) is 29.3 Å². The van der Waals surface area contributed by atoms with Gasteiger partial charge in [0.25, 0.3) is 0 Å². The highest BCUT2D eigenvalue weighted by Gasteiger charge is 2.38. The summed E-state index contributed by atoms with van der Waals surface area (Å²) in [6.07, 6.45) is 2.88. The zero-order valence-electron chi connectivity index (χ0n) is 23.4. The van der Waals surface area contributed by atoms with Crippen LogP contribution in [0.3, 0.4) is 0 Å². The number of carbonyl (C=O) groups is 1. The molecule has 2 aliphatic heterocycles. The first-order valence-corrected chi connectivity index (χ1v) is 13.6. The number of aromatic nitrogens is 4. The van der Waals surface area contributed by atoms with Crippen LogP contribution in [0.4, 0.5) is 20.3 Å². The Morgan fingerprint density at radius 3 is 2.71 bits per heavy atom. The van der Waals surface area contributed by atoms with E-state index in [0.717, 1.165) is 11.6 Å². The number of fused-ring (bicyclic) bond motifs is 2. The number of nitrogen functional groups attached to an aromatic ring is 1. The molecule has 2 N–H and O–H groups in total. The molecule has 1 atom stereocenters. The fourth-order valence-corrected chi connectivity index (χ4v) is 5.75. The fraction of sp³-hybridized carbons (Fsp3) is 0.300. The molecule has 42 heavy (non-hydrogen) atoms. The number of halogens is 2. The largest absolute Gasteiger partial charge is 0.487 e. The minimum Gasteiger partial charge on any atom is -0.487 e. The Balaban J connectivity index is 1.71. The van der Waals surface area contributed by atoms with Crippen molar-refractivity contribution in [3.05, 3.63) is 76.5 Å². The van der Waals surface area contributed by atoms with Gasteiger partial charge in [0, 0.05) is 31.5 Å². The Labute approximate surface area is 240 Å². The van der Waals surface area contributed by atoms with Gasteiger partial charge in [0.2, 0.25) is 5.91 Å². The Bertz CT molecular complexity index is 1820. The third kappa shape index (κ3) is 4.16. The summed E-state index contributed by atoms with van der Waals surface area (Å²) in [6, 6.07) is 5.33. The number of benzene rings is 1. The Kier molecular flexibility index (Phi) is 6.63. The van der Waals surface area contributed by atoms with E-state index in [4.69, 9.17) is 10.5 Å². The van der Waals surface area contributed by atoms with Crippen molar-refractivity contribution in [2.45, 2.75) is 32.7 Å². The van der Waals surface area contributed by atoms with Gasteiger partial charge in [0.15, 0.2) is 17.2 Å². The smallest absolute Gasteiger partial charge is 0.355 e. The standard InChI is InChI=1S/C30H29F2N7O3/c1-5-20(40)37-11-12-38-17(13-37)14-42-27-22-28(38)36-30(41)39(26-16(4)9-10-34-24(26)15(2)3)29(22)35-25(23(27)32)21-18(31)7-6-8-19(21)33/h5-10,15,17H,1,11-14,33H2,2-4H3/t17-/m1/s1. The molecule has 216 valence electrons. The van der Waals surface area contributed by atoms with E-state index < -0.39 is 29.1 Å². The lowest BCUT2D eigenvalue weighted by Gasteiger charge is -2.40. The molecule has 1 aromatic carbocycles. The molecule has 3 aromatic heterocycles. The van der Waals surface area contributed by atoms with Crippen LogP contribution in [-0.2, 0) is 4.79 Å². The molecule has 0 unspecified atom stereocenters. The molecule has 5 heterocycles. The van der Waals surface area contributed by atoms with E-state index in [1.165, 1.54) is 22.8 Å². The number of ether oxygens (including phenoxy) is 1. The number of pyridine rings is 2. The van der Waals surface area contributed by atoms with Gasteiger partial charge in [0.05, 0.1) is 23.0 Å². The number of nitrogens with zero attached hydrogens (tertiary/aromatic N) is 6. The third-order valence-corrected chi connectivity index (χ3v) is 7.77. The van der Waals surface area contributed by atoms with Crippen LogP contribution in [0.25, 0.3) is 28.0 Å². The molecule has 0 aliphatic carbocycles. The second-order valence-corrected chi connectivity index (χ2v) is 10.7. The van der Waals surface area contributed by atoms with Gasteiger partial charge >= 0.3 is 5.69 Å². The summed E-state index contributed by atoms with van der Waals surface area (Å²) in [5.74, 6) is -2.09. The summed E-state index contributed by atoms with van der Waals surface area (Å²) in [4.78, 5) is 43.4. The van der Waals surface area contributed by atoms with Crippen molar-refractivity contribution >= 4 is 28.4 Å². The van der Waals surface area contributed by atoms with Crippen molar-refractivity contribution in [3.63, 3.8) is 0 Å². The van der Waals surface area contributed by atoms with Gasteiger partial charge in [-0.05, 0) is 42.7 Å². The van der Waals surface area contributed by atoms with E-state index in [-0.39, 0.29) is 58.8 Å². The monoisotopic (exact) mass is 573 g/mol. The number of amides is 1. The molecular formula is C30H29F2N7O3. The van der Waals surface area contributed by atoms with Crippen molar-refractivity contribution < 1.29 is 18.3 Å². The molecule has 1 fully saturated rings. The van der Waals surface area contributed by atoms with Crippen molar-refractivity contribution in [2.24, 2.45) is 0 Å². The molecule has 12 heteroatoms. The van der Waals surface area contributed by atoms with Gasteiger partial charge in [-0.15, -0.1) is 0 Å². The lowest BCUT2D eigenvalue weighted by molar-refractivity contribution is -0.126. The second kappa shape index (κ2) is 10.2. The summed E-state index contributed by atoms with van der Waals surface area (Å²) >= 11 is 0. The summed E-state index contributed by atoms with van der Waals surface area (Å²) in [7, 11) is 0. The zero-order chi connectivity index (χ0) is 29.9. The highest BCUT2D eigenvalue weighted by Crippen LogP contribution is 2.43. The average molecular weight is 574 g/mol. The van der Waals surface area contributed by atoms with E-state index in [1.54, 1.807) is 17.2 Å². The third-order valence-electron chi connectivity index (χ3n) is 7.77. The number of aryl methyl sites for hydroxylation is 1. The predicted octanol–water partition coefficient (Wildman–Crippen LogP) is 3.73. The van der Waals surface area contributed by atoms with Crippen LogP contribution >= 0.6 is 0 Å². The van der Waals surface area contributed by atoms with Gasteiger partial charge in [-0.2, -0.15) is 4.98 Å². The van der Waals surface area contributed by atoms with Crippen LogP contribution < -0.4 is 21.1 Å². The van der Waals surface area contributed by atoms with Crippen LogP contribution in [-0.4, -0.2) is 62.6 Å². The normalized spacial score (nSPS) is 16.3. The number of nitrogens with two attached hydrogens (primary N) is 1. The number of piperazine rings is 1. The lowest BCUT2D eigenvalue weighted by Crippen LogP contribution is -2.56. The average Bonchev–Trinajstić information content (AvgIpc) is 3.12. The highest BCUT2D eigenvalue weighted by atomic mass is 19.1. The molecule has 1 saturated heterocycles. The van der Waals surface area contributed by atoms with Crippen molar-refractivity contribution in [3.8, 4) is 22.7 Å². The molecule has 6 rings (SSSR count). The molecule has 4 aromatic rings. The number of hydrogen-bond acceptors (Lipinski definition) is 8. The summed E-state index contributed by atoms with van der Waals surface area (Å²) in [5, 5.41) is 0.162. The van der Waals surface area contributed by atoms with Crippen LogP contribution in [0.2, 0.25) is 0 Å². The van der Waals surface area contributed by atoms with Crippen LogP contribution in [0.1, 0.15) is 31.0 Å². The topological polar surface area (TPSA) is 119 Å². The maximum atomic E-state index is 16.5. The minimum absolute atomic E-state index is 0.0267. The zero-order valence-corrected chi connectivity index (χ0v) is 23.4. The summed E-state index contributed by atoms with van der Waals surface area (Å²) < 4.78 is 39.1. The number of hydrogen-bond donors (Lipinski definition) is 1. The van der Waals surface area contributed by atoms with Crippen LogP contribution in [0, 0.1) is 18.6 Å². The van der Waals surface area contributed by atoms with E-state index >= 15 is 8.78 Å². The second-order valence-electron chi connectivity index (χ2n) is 10.7. The molecular weight excluding hydrogens is 544 g/mol. The molecule has 1 amide bonds. The highest BCUT2D eigenvalue weighted by molar-refractivity contribution is 5.97. The van der Waals surface area contributed by atoms with Gasteiger partial charge in [-0.25, -0.2) is 23.1 Å². The first-order chi connectivity index (χ1) is 20.1. The molecule has 0 radical (unpaired) electrons. The first kappa shape index (κ1) is 27.3. The molecule has 0 saturated carbocycles. The lowest BCUT2D eigenvalue weighted by atomic mass is 10.0. The SMILES string of the molecule is C=CC(=O)N1CCN2c3nc(=O)n(-c4c(C)ccnc4C(C)C)c4nc(-c5c(N)cccc5F)c(F)c(c34)OC[C@H]2C1. The van der Waals surface area contributed by atoms with Crippen LogP contribution in [0.5, 0.6) is 5.75 Å². The Morgan fingerprint density at radius 1 is 1.21 bits per heavy atom. The maximum absolute atomic E-state index is 16.5. The Hall–Kier alpha value is -4.87. The van der Waals surface area contributed by atoms with Crippen LogP contribution in [0.15, 0.2) is 47.9 Å². The van der Waals surface area contributed by atoms with Crippen molar-refractivity contribution in [1.29, 1.82) is 0 Å². The van der Waals surface area contributed by atoms with Crippen molar-refractivity contribution in [1.82, 2.24) is 24.4 Å². The van der Waals surface area contributed by atoms with E-state index in [9.17, 15) is 9.59 Å². The molecule has 2 aliphatic rings. The van der Waals surface area contributed by atoms with E-state index in [1.807, 2.05) is 25.7 Å². The quantitative estimate of drug-likeness (QED) is 0.290. The maximum Gasteiger partial charge on any atom is 0.355 e. The van der Waals surface area contributed by atoms with Gasteiger partial charge < -0.3 is 20.3 Å². The minimum atomic E-state index is -0.932. The molecule has 0 spiro atoms. The van der Waals surface area contributed by atoms with Gasteiger partial charge in [-0.1, -0.05) is 26.5 Å². The summed E-state index contributed by atoms with van der Waals surface area (Å²) in [5.41, 5.74) is 6.60. The first-order valence-electron chi connectivity index (χ1n) is 13.6. The number of carbonyl (C=O) groups excluding carboxylic acids is 1. The number of anilines is 2. The molecule has 10 nitrogen and oxygen atoms in total. The van der Waals surface area contributed by atoms with E-state index in [0.29, 0.717) is 24.5 Å².